The molecular weight excluding hydrogens is 350 g/mol. The van der Waals surface area contributed by atoms with Crippen LogP contribution in [0.15, 0.2) is 24.3 Å². The summed E-state index contributed by atoms with van der Waals surface area (Å²) in [5.74, 6) is 0.435. The van der Waals surface area contributed by atoms with Crippen molar-refractivity contribution >= 4 is 11.9 Å². The number of piperidine rings is 1. The van der Waals surface area contributed by atoms with Crippen LogP contribution in [-0.4, -0.2) is 54.0 Å². The molecule has 2 aliphatic heterocycles. The molecule has 5 heteroatoms. The lowest BCUT2D eigenvalue weighted by atomic mass is 9.73. The maximum atomic E-state index is 12.8. The molecule has 2 saturated heterocycles. The highest BCUT2D eigenvalue weighted by Crippen LogP contribution is 2.52. The Bertz CT molecular complexity index is 731. The predicted molar refractivity (Wildman–Crippen MR) is 110 cm³/mol. The Kier molecular flexibility index (Phi) is 5.35. The number of urea groups is 1. The van der Waals surface area contributed by atoms with E-state index in [9.17, 15) is 9.59 Å². The van der Waals surface area contributed by atoms with E-state index in [-0.39, 0.29) is 29.3 Å². The molecule has 1 atom stereocenters. The van der Waals surface area contributed by atoms with Gasteiger partial charge in [0.25, 0.3) is 0 Å². The number of carbonyl (C=O) groups is 2. The molecule has 1 aliphatic carbocycles. The van der Waals surface area contributed by atoms with Gasteiger partial charge in [0.15, 0.2) is 0 Å². The Morgan fingerprint density at radius 2 is 1.71 bits per heavy atom. The molecule has 5 nitrogen and oxygen atoms in total. The van der Waals surface area contributed by atoms with Crippen molar-refractivity contribution < 1.29 is 9.59 Å². The van der Waals surface area contributed by atoms with Crippen molar-refractivity contribution in [2.24, 2.45) is 0 Å². The van der Waals surface area contributed by atoms with Gasteiger partial charge in [-0.25, -0.2) is 4.79 Å². The normalized spacial score (nSPS) is 23.3. The third kappa shape index (κ3) is 3.63. The van der Waals surface area contributed by atoms with E-state index in [1.807, 2.05) is 18.7 Å². The fourth-order valence-electron chi connectivity index (χ4n) is 5.52. The summed E-state index contributed by atoms with van der Waals surface area (Å²) in [5.41, 5.74) is 2.90. The standard InChI is InChI=1S/C23H33N3O2/c1-17(2)24-21(27)15-18-16-23(20-8-4-3-7-19(18)20)9-13-26(14-10-23)22(28)25-11-5-6-12-25/h3-4,7-8,17-18H,5-6,9-16H2,1-2H3,(H,24,27). The van der Waals surface area contributed by atoms with Gasteiger partial charge in [-0.15, -0.1) is 0 Å². The van der Waals surface area contributed by atoms with Crippen LogP contribution in [0, 0.1) is 0 Å². The van der Waals surface area contributed by atoms with Crippen molar-refractivity contribution in [2.45, 2.75) is 69.7 Å². The highest BCUT2D eigenvalue weighted by atomic mass is 16.2. The fraction of sp³-hybridized carbons (Fsp3) is 0.652. The minimum absolute atomic E-state index is 0.126. The topological polar surface area (TPSA) is 52.7 Å². The van der Waals surface area contributed by atoms with Crippen LogP contribution in [-0.2, 0) is 10.2 Å². The van der Waals surface area contributed by atoms with Crippen LogP contribution in [0.4, 0.5) is 4.79 Å². The quantitative estimate of drug-likeness (QED) is 0.866. The van der Waals surface area contributed by atoms with Crippen LogP contribution < -0.4 is 5.32 Å². The number of benzene rings is 1. The number of rotatable bonds is 3. The molecule has 1 unspecified atom stereocenters. The molecule has 0 radical (unpaired) electrons. The maximum absolute atomic E-state index is 12.8. The summed E-state index contributed by atoms with van der Waals surface area (Å²) in [4.78, 5) is 29.2. The van der Waals surface area contributed by atoms with E-state index in [2.05, 4.69) is 34.5 Å². The molecule has 1 aromatic rings. The summed E-state index contributed by atoms with van der Waals surface area (Å²) in [5, 5.41) is 3.05. The van der Waals surface area contributed by atoms with Gasteiger partial charge in [0.1, 0.15) is 0 Å². The zero-order valence-corrected chi connectivity index (χ0v) is 17.2. The number of fused-ring (bicyclic) bond motifs is 2. The van der Waals surface area contributed by atoms with Crippen LogP contribution >= 0.6 is 0 Å². The van der Waals surface area contributed by atoms with Gasteiger partial charge < -0.3 is 15.1 Å². The molecule has 0 aromatic heterocycles. The number of nitrogens with one attached hydrogen (secondary N) is 1. The summed E-state index contributed by atoms with van der Waals surface area (Å²) in [6.07, 6.45) is 5.88. The number of hydrogen-bond acceptors (Lipinski definition) is 2. The van der Waals surface area contributed by atoms with Crippen LogP contribution in [0.2, 0.25) is 0 Å². The zero-order chi connectivity index (χ0) is 19.7. The van der Waals surface area contributed by atoms with Gasteiger partial charge in [0.2, 0.25) is 5.91 Å². The monoisotopic (exact) mass is 383 g/mol. The minimum Gasteiger partial charge on any atom is -0.354 e. The van der Waals surface area contributed by atoms with Gasteiger partial charge in [-0.3, -0.25) is 4.79 Å². The third-order valence-corrected chi connectivity index (χ3v) is 6.86. The summed E-state index contributed by atoms with van der Waals surface area (Å²) in [6.45, 7) is 7.50. The molecule has 1 spiro atoms. The second-order valence-electron chi connectivity index (χ2n) is 9.16. The lowest BCUT2D eigenvalue weighted by molar-refractivity contribution is -0.122. The fourth-order valence-corrected chi connectivity index (χ4v) is 5.52. The molecule has 28 heavy (non-hydrogen) atoms. The molecule has 1 N–H and O–H groups in total. The van der Waals surface area contributed by atoms with Crippen molar-refractivity contribution in [3.8, 4) is 0 Å². The lowest BCUT2D eigenvalue weighted by Crippen LogP contribution is -2.49. The van der Waals surface area contributed by atoms with E-state index < -0.39 is 0 Å². The number of hydrogen-bond donors (Lipinski definition) is 1. The van der Waals surface area contributed by atoms with E-state index in [1.54, 1.807) is 0 Å². The molecule has 3 amide bonds. The van der Waals surface area contributed by atoms with E-state index in [1.165, 1.54) is 11.1 Å². The van der Waals surface area contributed by atoms with Crippen LogP contribution in [0.1, 0.15) is 69.4 Å². The molecular formula is C23H33N3O2. The molecule has 2 heterocycles. The second-order valence-corrected chi connectivity index (χ2v) is 9.16. The average Bonchev–Trinajstić information content (AvgIpc) is 3.30. The Morgan fingerprint density at radius 3 is 2.39 bits per heavy atom. The maximum Gasteiger partial charge on any atom is 0.319 e. The van der Waals surface area contributed by atoms with Crippen molar-refractivity contribution in [1.29, 1.82) is 0 Å². The van der Waals surface area contributed by atoms with Gasteiger partial charge in [-0.05, 0) is 68.4 Å². The van der Waals surface area contributed by atoms with Gasteiger partial charge >= 0.3 is 6.03 Å². The molecule has 4 rings (SSSR count). The first-order valence-corrected chi connectivity index (χ1v) is 10.9. The van der Waals surface area contributed by atoms with Gasteiger partial charge in [0, 0.05) is 38.6 Å². The van der Waals surface area contributed by atoms with Crippen LogP contribution in [0.25, 0.3) is 0 Å². The van der Waals surface area contributed by atoms with Crippen molar-refractivity contribution in [3.63, 3.8) is 0 Å². The van der Waals surface area contributed by atoms with E-state index >= 15 is 0 Å². The van der Waals surface area contributed by atoms with Gasteiger partial charge in [-0.2, -0.15) is 0 Å². The Balaban J connectivity index is 1.46. The number of carbonyl (C=O) groups excluding carboxylic acids is 2. The average molecular weight is 384 g/mol. The van der Waals surface area contributed by atoms with E-state index in [0.717, 1.165) is 58.3 Å². The first-order valence-electron chi connectivity index (χ1n) is 10.9. The van der Waals surface area contributed by atoms with Crippen molar-refractivity contribution in [1.82, 2.24) is 15.1 Å². The zero-order valence-electron chi connectivity index (χ0n) is 17.2. The highest BCUT2D eigenvalue weighted by Gasteiger charge is 2.46. The lowest BCUT2D eigenvalue weighted by Gasteiger charge is -2.41. The smallest absolute Gasteiger partial charge is 0.319 e. The van der Waals surface area contributed by atoms with Crippen molar-refractivity contribution in [3.05, 3.63) is 35.4 Å². The SMILES string of the molecule is CC(C)NC(=O)CC1CC2(CCN(C(=O)N3CCCC3)CC2)c2ccccc21. The summed E-state index contributed by atoms with van der Waals surface area (Å²) in [7, 11) is 0. The van der Waals surface area contributed by atoms with Crippen LogP contribution in [0.3, 0.4) is 0 Å². The van der Waals surface area contributed by atoms with Crippen LogP contribution in [0.5, 0.6) is 0 Å². The molecule has 3 aliphatic rings. The molecule has 0 saturated carbocycles. The van der Waals surface area contributed by atoms with E-state index in [0.29, 0.717) is 6.42 Å². The van der Waals surface area contributed by atoms with E-state index in [4.69, 9.17) is 0 Å². The second kappa shape index (κ2) is 7.76. The molecule has 152 valence electrons. The first kappa shape index (κ1) is 19.3. The van der Waals surface area contributed by atoms with Gasteiger partial charge in [0.05, 0.1) is 0 Å². The third-order valence-electron chi connectivity index (χ3n) is 6.86. The number of amides is 3. The highest BCUT2D eigenvalue weighted by molar-refractivity contribution is 5.77. The number of nitrogens with zero attached hydrogens (tertiary/aromatic N) is 2. The number of likely N-dealkylation sites (tertiary alicyclic amines) is 2. The summed E-state index contributed by atoms with van der Waals surface area (Å²) < 4.78 is 0. The Labute approximate surface area is 168 Å². The minimum atomic E-state index is 0.126. The Morgan fingerprint density at radius 1 is 1.07 bits per heavy atom. The van der Waals surface area contributed by atoms with Gasteiger partial charge in [-0.1, -0.05) is 24.3 Å². The van der Waals surface area contributed by atoms with Crippen molar-refractivity contribution in [2.75, 3.05) is 26.2 Å². The molecule has 0 bridgehead atoms. The largest absolute Gasteiger partial charge is 0.354 e. The summed E-state index contributed by atoms with van der Waals surface area (Å²) >= 11 is 0. The molecule has 2 fully saturated rings. The Hall–Kier alpha value is -2.04. The summed E-state index contributed by atoms with van der Waals surface area (Å²) in [6, 6.07) is 9.09. The first-order chi connectivity index (χ1) is 13.5. The predicted octanol–water partition coefficient (Wildman–Crippen LogP) is 3.64. The molecule has 1 aromatic carbocycles.